The lowest BCUT2D eigenvalue weighted by Crippen LogP contribution is -2.24. The first kappa shape index (κ1) is 24.8. The first-order valence-electron chi connectivity index (χ1n) is 11.1. The van der Waals surface area contributed by atoms with Crippen LogP contribution in [0.3, 0.4) is 0 Å². The van der Waals surface area contributed by atoms with Crippen molar-refractivity contribution in [2.75, 3.05) is 13.7 Å². The van der Waals surface area contributed by atoms with Gasteiger partial charge in [0.1, 0.15) is 23.7 Å². The van der Waals surface area contributed by atoms with Gasteiger partial charge in [-0.2, -0.15) is 0 Å². The highest BCUT2D eigenvalue weighted by atomic mass is 35.5. The zero-order valence-electron chi connectivity index (χ0n) is 19.8. The molecule has 182 valence electrons. The summed E-state index contributed by atoms with van der Waals surface area (Å²) in [5.41, 5.74) is 2.03. The van der Waals surface area contributed by atoms with E-state index < -0.39 is 6.10 Å². The number of aromatic nitrogens is 2. The predicted molar refractivity (Wildman–Crippen MR) is 138 cm³/mol. The number of fused-ring (bicyclic) bond motifs is 1. The van der Waals surface area contributed by atoms with E-state index in [-0.39, 0.29) is 24.1 Å². The van der Waals surface area contributed by atoms with E-state index in [1.165, 1.54) is 29.3 Å². The topological polar surface area (TPSA) is 79.7 Å². The van der Waals surface area contributed by atoms with Crippen LogP contribution >= 0.6 is 22.9 Å². The van der Waals surface area contributed by atoms with Crippen molar-refractivity contribution in [2.24, 2.45) is 5.92 Å². The van der Waals surface area contributed by atoms with Crippen LogP contribution in [0.4, 0.5) is 0 Å². The Labute approximate surface area is 211 Å². The number of benzene rings is 2. The summed E-state index contributed by atoms with van der Waals surface area (Å²) in [6, 6.07) is 14.6. The fourth-order valence-electron chi connectivity index (χ4n) is 3.35. The van der Waals surface area contributed by atoms with Crippen LogP contribution in [0.15, 0.2) is 59.7 Å². The monoisotopic (exact) mass is 512 g/mol. The molecule has 0 N–H and O–H groups in total. The van der Waals surface area contributed by atoms with Crippen LogP contribution < -0.4 is 15.0 Å². The summed E-state index contributed by atoms with van der Waals surface area (Å²) in [7, 11) is 1.52. The fourth-order valence-corrected chi connectivity index (χ4v) is 4.53. The van der Waals surface area contributed by atoms with Gasteiger partial charge in [-0.3, -0.25) is 14.2 Å². The van der Waals surface area contributed by atoms with E-state index >= 15 is 0 Å². The molecule has 0 saturated carbocycles. The Hall–Kier alpha value is -3.36. The van der Waals surface area contributed by atoms with Crippen molar-refractivity contribution in [1.29, 1.82) is 0 Å². The first-order chi connectivity index (χ1) is 16.8. The summed E-state index contributed by atoms with van der Waals surface area (Å²) >= 11 is 7.38. The molecule has 0 spiro atoms. The zero-order chi connectivity index (χ0) is 25.1. The number of carbonyl (C=O) groups excluding carboxylic acids is 1. The SMILES string of the molecule is COc1cc(-n2cnc3cc(-c4ccc(Cl)cc4)sc3c2=O)ccc1OCC(C)OC(=O)C(C)C. The van der Waals surface area contributed by atoms with Gasteiger partial charge in [0, 0.05) is 16.0 Å². The lowest BCUT2D eigenvalue weighted by Gasteiger charge is -2.17. The Bertz CT molecular complexity index is 1410. The Kier molecular flexibility index (Phi) is 7.42. The zero-order valence-corrected chi connectivity index (χ0v) is 21.4. The number of nitrogens with zero attached hydrogens (tertiary/aromatic N) is 2. The number of hydrogen-bond donors (Lipinski definition) is 0. The Morgan fingerprint density at radius 3 is 2.51 bits per heavy atom. The van der Waals surface area contributed by atoms with E-state index in [0.29, 0.717) is 32.4 Å². The standard InChI is InChI=1S/C26H25ClN2O5S/c1-15(2)26(31)34-16(3)13-33-21-10-9-19(11-22(21)32-4)29-14-28-20-12-23(35-24(20)25(29)30)17-5-7-18(27)8-6-17/h5-12,14-16H,13H2,1-4H3. The molecule has 0 bridgehead atoms. The van der Waals surface area contributed by atoms with E-state index in [0.717, 1.165) is 10.4 Å². The van der Waals surface area contributed by atoms with Gasteiger partial charge in [-0.05, 0) is 42.8 Å². The molecular formula is C26H25ClN2O5S. The van der Waals surface area contributed by atoms with Gasteiger partial charge in [0.2, 0.25) is 0 Å². The summed E-state index contributed by atoms with van der Waals surface area (Å²) < 4.78 is 18.7. The van der Waals surface area contributed by atoms with E-state index in [2.05, 4.69) is 4.98 Å². The second kappa shape index (κ2) is 10.5. The maximum absolute atomic E-state index is 13.3. The molecule has 0 fully saturated rings. The van der Waals surface area contributed by atoms with Gasteiger partial charge in [-0.15, -0.1) is 11.3 Å². The number of carbonyl (C=O) groups is 1. The second-order valence-corrected chi connectivity index (χ2v) is 9.79. The predicted octanol–water partition coefficient (Wildman–Crippen LogP) is 5.74. The van der Waals surface area contributed by atoms with Crippen molar-refractivity contribution in [1.82, 2.24) is 9.55 Å². The lowest BCUT2D eigenvalue weighted by atomic mass is 10.2. The molecule has 2 aromatic heterocycles. The summed E-state index contributed by atoms with van der Waals surface area (Å²) in [6.07, 6.45) is 1.09. The molecule has 0 aliphatic rings. The molecule has 9 heteroatoms. The van der Waals surface area contributed by atoms with Crippen LogP contribution in [0.5, 0.6) is 11.5 Å². The van der Waals surface area contributed by atoms with Crippen molar-refractivity contribution in [3.63, 3.8) is 0 Å². The van der Waals surface area contributed by atoms with Gasteiger partial charge in [0.15, 0.2) is 11.5 Å². The molecule has 4 rings (SSSR count). The molecule has 7 nitrogen and oxygen atoms in total. The van der Waals surface area contributed by atoms with Gasteiger partial charge in [0.25, 0.3) is 5.56 Å². The third-order valence-corrected chi connectivity index (χ3v) is 6.67. The van der Waals surface area contributed by atoms with Crippen LogP contribution in [0.2, 0.25) is 5.02 Å². The number of halogens is 1. The minimum Gasteiger partial charge on any atom is -0.493 e. The molecule has 2 aromatic carbocycles. The van der Waals surface area contributed by atoms with E-state index in [9.17, 15) is 9.59 Å². The molecule has 0 aliphatic heterocycles. The Morgan fingerprint density at radius 2 is 1.83 bits per heavy atom. The average Bonchev–Trinajstić information content (AvgIpc) is 3.28. The van der Waals surface area contributed by atoms with Gasteiger partial charge >= 0.3 is 5.97 Å². The van der Waals surface area contributed by atoms with Crippen LogP contribution in [-0.4, -0.2) is 35.3 Å². The molecule has 0 saturated heterocycles. The average molecular weight is 513 g/mol. The van der Waals surface area contributed by atoms with Crippen LogP contribution in [0, 0.1) is 5.92 Å². The minimum atomic E-state index is -0.419. The highest BCUT2D eigenvalue weighted by molar-refractivity contribution is 7.22. The van der Waals surface area contributed by atoms with Crippen molar-refractivity contribution < 1.29 is 19.0 Å². The maximum atomic E-state index is 13.3. The largest absolute Gasteiger partial charge is 0.493 e. The van der Waals surface area contributed by atoms with Crippen molar-refractivity contribution in [3.8, 4) is 27.6 Å². The summed E-state index contributed by atoms with van der Waals surface area (Å²) in [5.74, 6) is 0.441. The summed E-state index contributed by atoms with van der Waals surface area (Å²) in [6.45, 7) is 5.49. The molecule has 35 heavy (non-hydrogen) atoms. The van der Waals surface area contributed by atoms with Crippen LogP contribution in [-0.2, 0) is 9.53 Å². The normalized spacial score (nSPS) is 12.1. The highest BCUT2D eigenvalue weighted by Gasteiger charge is 2.16. The third-order valence-electron chi connectivity index (χ3n) is 5.25. The van der Waals surface area contributed by atoms with Crippen molar-refractivity contribution in [2.45, 2.75) is 26.9 Å². The quantitative estimate of drug-likeness (QED) is 0.280. The maximum Gasteiger partial charge on any atom is 0.308 e. The van der Waals surface area contributed by atoms with Crippen molar-refractivity contribution in [3.05, 3.63) is 70.2 Å². The third kappa shape index (κ3) is 5.49. The Balaban J connectivity index is 1.58. The Morgan fingerprint density at radius 1 is 1.09 bits per heavy atom. The van der Waals surface area contributed by atoms with Crippen LogP contribution in [0.1, 0.15) is 20.8 Å². The molecule has 0 amide bonds. The smallest absolute Gasteiger partial charge is 0.308 e. The minimum absolute atomic E-state index is 0.171. The number of methoxy groups -OCH3 is 1. The van der Waals surface area contributed by atoms with Gasteiger partial charge in [0.05, 0.1) is 24.2 Å². The van der Waals surface area contributed by atoms with E-state index in [1.54, 1.807) is 39.0 Å². The molecular weight excluding hydrogens is 488 g/mol. The molecule has 1 unspecified atom stereocenters. The molecule has 1 atom stereocenters. The molecule has 0 radical (unpaired) electrons. The fraction of sp³-hybridized carbons (Fsp3) is 0.269. The first-order valence-corrected chi connectivity index (χ1v) is 12.2. The number of rotatable bonds is 8. The number of thiophene rings is 1. The second-order valence-electron chi connectivity index (χ2n) is 8.30. The van der Waals surface area contributed by atoms with E-state index in [4.69, 9.17) is 25.8 Å². The van der Waals surface area contributed by atoms with Gasteiger partial charge < -0.3 is 14.2 Å². The number of esters is 1. The van der Waals surface area contributed by atoms with Gasteiger partial charge in [-0.1, -0.05) is 37.6 Å². The molecule has 4 aromatic rings. The molecule has 2 heterocycles. The van der Waals surface area contributed by atoms with Crippen molar-refractivity contribution >= 4 is 39.1 Å². The molecule has 0 aliphatic carbocycles. The highest BCUT2D eigenvalue weighted by Crippen LogP contribution is 2.33. The number of ether oxygens (including phenoxy) is 3. The number of hydrogen-bond acceptors (Lipinski definition) is 7. The van der Waals surface area contributed by atoms with E-state index in [1.807, 2.05) is 30.3 Å². The summed E-state index contributed by atoms with van der Waals surface area (Å²) in [5, 5.41) is 0.655. The van der Waals surface area contributed by atoms with Gasteiger partial charge in [-0.25, -0.2) is 4.98 Å². The summed E-state index contributed by atoms with van der Waals surface area (Å²) in [4.78, 5) is 30.5. The lowest BCUT2D eigenvalue weighted by molar-refractivity contribution is -0.153. The van der Waals surface area contributed by atoms with Crippen LogP contribution in [0.25, 0.3) is 26.3 Å².